The molecule has 0 spiro atoms. The minimum absolute atomic E-state index is 0.0615. The number of piperidine rings is 2. The lowest BCUT2D eigenvalue weighted by Gasteiger charge is -2.43. The second-order valence-corrected chi connectivity index (χ2v) is 10.1. The molecule has 0 unspecified atom stereocenters. The Morgan fingerprint density at radius 2 is 1.85 bits per heavy atom. The molecule has 3 heterocycles. The second kappa shape index (κ2) is 10.1. The summed E-state index contributed by atoms with van der Waals surface area (Å²) in [4.78, 5) is 36.5. The number of amides is 2. The van der Waals surface area contributed by atoms with Crippen LogP contribution in [0.5, 0.6) is 0 Å². The molecule has 2 aliphatic rings. The van der Waals surface area contributed by atoms with Gasteiger partial charge in [-0.05, 0) is 55.0 Å². The standard InChI is InChI=1S/C27H35FN4O2/c1-27(11-15-31(16-12-27)25(33)18-21-7-4-5-9-23(21)28)26(34)32-14-6-8-22(19-32)20-10-13-29-24(17-20)30(2)3/h4-5,7,9-10,13,17,22H,6,8,11-12,14-16,18-19H2,1-3H3/t22-/m1/s1. The fourth-order valence-electron chi connectivity index (χ4n) is 5.13. The van der Waals surface area contributed by atoms with Gasteiger partial charge in [0.2, 0.25) is 11.8 Å². The van der Waals surface area contributed by atoms with Crippen LogP contribution in [0.4, 0.5) is 10.2 Å². The van der Waals surface area contributed by atoms with E-state index < -0.39 is 5.41 Å². The third kappa shape index (κ3) is 5.24. The minimum atomic E-state index is -0.469. The van der Waals surface area contributed by atoms with Crippen LogP contribution >= 0.6 is 0 Å². The van der Waals surface area contributed by atoms with Crippen molar-refractivity contribution in [3.05, 3.63) is 59.5 Å². The Morgan fingerprint density at radius 3 is 2.56 bits per heavy atom. The molecule has 0 saturated carbocycles. The van der Waals surface area contributed by atoms with Gasteiger partial charge >= 0.3 is 0 Å². The number of rotatable bonds is 5. The van der Waals surface area contributed by atoms with Crippen LogP contribution < -0.4 is 4.90 Å². The number of carbonyl (C=O) groups is 2. The number of aromatic nitrogens is 1. The summed E-state index contributed by atoms with van der Waals surface area (Å²) in [6.07, 6.45) is 5.23. The Hall–Kier alpha value is -2.96. The summed E-state index contributed by atoms with van der Waals surface area (Å²) >= 11 is 0. The first-order chi connectivity index (χ1) is 16.3. The third-order valence-electron chi connectivity index (χ3n) is 7.44. The second-order valence-electron chi connectivity index (χ2n) is 10.1. The van der Waals surface area contributed by atoms with Crippen LogP contribution in [0, 0.1) is 11.2 Å². The summed E-state index contributed by atoms with van der Waals surface area (Å²) in [5, 5.41) is 0. The van der Waals surface area contributed by atoms with Crippen LogP contribution in [0.3, 0.4) is 0 Å². The molecule has 6 nitrogen and oxygen atoms in total. The van der Waals surface area contributed by atoms with Gasteiger partial charge in [-0.25, -0.2) is 9.37 Å². The highest BCUT2D eigenvalue weighted by Crippen LogP contribution is 2.36. The van der Waals surface area contributed by atoms with Gasteiger partial charge in [-0.1, -0.05) is 25.1 Å². The average molecular weight is 467 g/mol. The number of hydrogen-bond acceptors (Lipinski definition) is 4. The van der Waals surface area contributed by atoms with Gasteiger partial charge in [-0.15, -0.1) is 0 Å². The highest BCUT2D eigenvalue weighted by molar-refractivity contribution is 5.84. The van der Waals surface area contributed by atoms with E-state index in [2.05, 4.69) is 17.1 Å². The molecule has 182 valence electrons. The van der Waals surface area contributed by atoms with Crippen molar-refractivity contribution in [1.82, 2.24) is 14.8 Å². The molecule has 34 heavy (non-hydrogen) atoms. The van der Waals surface area contributed by atoms with Crippen LogP contribution in [-0.2, 0) is 16.0 Å². The Morgan fingerprint density at radius 1 is 1.12 bits per heavy atom. The van der Waals surface area contributed by atoms with Crippen molar-refractivity contribution in [3.8, 4) is 0 Å². The SMILES string of the molecule is CN(C)c1cc([C@@H]2CCCN(C(=O)C3(C)CCN(C(=O)Cc4ccccc4F)CC3)C2)ccn1. The summed E-state index contributed by atoms with van der Waals surface area (Å²) in [7, 11) is 3.97. The van der Waals surface area contributed by atoms with E-state index in [1.54, 1.807) is 23.1 Å². The maximum Gasteiger partial charge on any atom is 0.228 e. The first-order valence-electron chi connectivity index (χ1n) is 12.2. The Balaban J connectivity index is 1.36. The summed E-state index contributed by atoms with van der Waals surface area (Å²) in [6, 6.07) is 10.6. The topological polar surface area (TPSA) is 56.8 Å². The van der Waals surface area contributed by atoms with Crippen molar-refractivity contribution in [1.29, 1.82) is 0 Å². The zero-order chi connectivity index (χ0) is 24.3. The number of carbonyl (C=O) groups excluding carboxylic acids is 2. The zero-order valence-corrected chi connectivity index (χ0v) is 20.5. The van der Waals surface area contributed by atoms with Crippen molar-refractivity contribution < 1.29 is 14.0 Å². The number of hydrogen-bond donors (Lipinski definition) is 0. The third-order valence-corrected chi connectivity index (χ3v) is 7.44. The van der Waals surface area contributed by atoms with Gasteiger partial charge in [0.05, 0.1) is 6.42 Å². The monoisotopic (exact) mass is 466 g/mol. The van der Waals surface area contributed by atoms with E-state index in [0.29, 0.717) is 37.4 Å². The molecule has 0 radical (unpaired) electrons. The lowest BCUT2D eigenvalue weighted by molar-refractivity contribution is -0.148. The van der Waals surface area contributed by atoms with Gasteiger partial charge in [0, 0.05) is 57.8 Å². The number of likely N-dealkylation sites (tertiary alicyclic amines) is 2. The highest BCUT2D eigenvalue weighted by atomic mass is 19.1. The average Bonchev–Trinajstić information content (AvgIpc) is 2.85. The molecule has 0 aliphatic carbocycles. The molecule has 2 amide bonds. The molecule has 2 saturated heterocycles. The normalized spacial score (nSPS) is 20.2. The van der Waals surface area contributed by atoms with Crippen LogP contribution in [0.25, 0.3) is 0 Å². The van der Waals surface area contributed by atoms with Gasteiger partial charge in [0.15, 0.2) is 0 Å². The van der Waals surface area contributed by atoms with Gasteiger partial charge in [0.25, 0.3) is 0 Å². The van der Waals surface area contributed by atoms with Gasteiger partial charge in [-0.2, -0.15) is 0 Å². The predicted octanol–water partition coefficient (Wildman–Crippen LogP) is 3.86. The first-order valence-corrected chi connectivity index (χ1v) is 12.2. The summed E-state index contributed by atoms with van der Waals surface area (Å²) in [5.41, 5.74) is 1.18. The number of pyridine rings is 1. The highest BCUT2D eigenvalue weighted by Gasteiger charge is 2.41. The van der Waals surface area contributed by atoms with Crippen molar-refractivity contribution in [2.45, 2.75) is 44.9 Å². The van der Waals surface area contributed by atoms with E-state index in [1.165, 1.54) is 11.6 Å². The Labute approximate surface area is 201 Å². The van der Waals surface area contributed by atoms with Crippen molar-refractivity contribution in [2.75, 3.05) is 45.2 Å². The maximum atomic E-state index is 13.9. The van der Waals surface area contributed by atoms with Gasteiger partial charge in [-0.3, -0.25) is 9.59 Å². The summed E-state index contributed by atoms with van der Waals surface area (Å²) in [5.74, 6) is 1.01. The number of benzene rings is 1. The predicted molar refractivity (Wildman–Crippen MR) is 131 cm³/mol. The number of anilines is 1. The molecule has 2 fully saturated rings. The van der Waals surface area contributed by atoms with E-state index in [-0.39, 0.29) is 24.1 Å². The van der Waals surface area contributed by atoms with Gasteiger partial charge < -0.3 is 14.7 Å². The number of halogens is 1. The summed E-state index contributed by atoms with van der Waals surface area (Å²) in [6.45, 7) is 4.61. The van der Waals surface area contributed by atoms with E-state index >= 15 is 0 Å². The molecule has 2 aliphatic heterocycles. The Kier molecular flexibility index (Phi) is 7.19. The van der Waals surface area contributed by atoms with Crippen molar-refractivity contribution in [2.24, 2.45) is 5.41 Å². The largest absolute Gasteiger partial charge is 0.363 e. The van der Waals surface area contributed by atoms with Crippen LogP contribution in [0.2, 0.25) is 0 Å². The van der Waals surface area contributed by atoms with E-state index in [1.807, 2.05) is 37.0 Å². The number of nitrogens with zero attached hydrogens (tertiary/aromatic N) is 4. The molecular weight excluding hydrogens is 431 g/mol. The quantitative estimate of drug-likeness (QED) is 0.672. The van der Waals surface area contributed by atoms with Crippen LogP contribution in [0.1, 0.15) is 49.7 Å². The fourth-order valence-corrected chi connectivity index (χ4v) is 5.13. The van der Waals surface area contributed by atoms with Crippen LogP contribution in [-0.4, -0.2) is 66.9 Å². The van der Waals surface area contributed by atoms with Crippen molar-refractivity contribution >= 4 is 17.6 Å². The van der Waals surface area contributed by atoms with Crippen LogP contribution in [0.15, 0.2) is 42.6 Å². The lowest BCUT2D eigenvalue weighted by atomic mass is 9.78. The molecule has 2 aromatic rings. The smallest absolute Gasteiger partial charge is 0.228 e. The Bertz CT molecular complexity index is 1030. The zero-order valence-electron chi connectivity index (χ0n) is 20.5. The molecule has 1 aromatic heterocycles. The lowest BCUT2D eigenvalue weighted by Crippen LogP contribution is -2.52. The van der Waals surface area contributed by atoms with Crippen molar-refractivity contribution in [3.63, 3.8) is 0 Å². The molecule has 0 bridgehead atoms. The molecule has 4 rings (SSSR count). The fraction of sp³-hybridized carbons (Fsp3) is 0.519. The molecule has 7 heteroatoms. The van der Waals surface area contributed by atoms with E-state index in [0.717, 1.165) is 31.7 Å². The van der Waals surface area contributed by atoms with Gasteiger partial charge in [0.1, 0.15) is 11.6 Å². The summed E-state index contributed by atoms with van der Waals surface area (Å²) < 4.78 is 13.9. The maximum absolute atomic E-state index is 13.9. The minimum Gasteiger partial charge on any atom is -0.363 e. The molecular formula is C27H35FN4O2. The molecule has 1 aromatic carbocycles. The van der Waals surface area contributed by atoms with E-state index in [9.17, 15) is 14.0 Å². The molecule has 1 atom stereocenters. The van der Waals surface area contributed by atoms with E-state index in [4.69, 9.17) is 0 Å². The molecule has 0 N–H and O–H groups in total. The first kappa shape index (κ1) is 24.2.